The molecule has 2 rings (SSSR count). The van der Waals surface area contributed by atoms with Gasteiger partial charge in [-0.05, 0) is 39.8 Å². The minimum atomic E-state index is -3.46. The van der Waals surface area contributed by atoms with Gasteiger partial charge in [-0.3, -0.25) is 0 Å². The van der Waals surface area contributed by atoms with Crippen LogP contribution in [0.3, 0.4) is 0 Å². The highest BCUT2D eigenvalue weighted by Gasteiger charge is 2.35. The molecule has 0 amide bonds. The van der Waals surface area contributed by atoms with Crippen LogP contribution in [0.25, 0.3) is 0 Å². The Morgan fingerprint density at radius 2 is 2.22 bits per heavy atom. The van der Waals surface area contributed by atoms with Crippen molar-refractivity contribution in [1.29, 1.82) is 0 Å². The summed E-state index contributed by atoms with van der Waals surface area (Å²) in [4.78, 5) is 0.229. The number of aromatic nitrogens is 1. The highest BCUT2D eigenvalue weighted by molar-refractivity contribution is 7.89. The predicted molar refractivity (Wildman–Crippen MR) is 66.8 cm³/mol. The minimum Gasteiger partial charge on any atom is -0.360 e. The van der Waals surface area contributed by atoms with Crippen molar-refractivity contribution in [1.82, 2.24) is 14.8 Å². The Bertz CT molecular complexity index is 504. The Morgan fingerprint density at radius 1 is 1.50 bits per heavy atom. The largest absolute Gasteiger partial charge is 0.360 e. The van der Waals surface area contributed by atoms with Gasteiger partial charge in [0.1, 0.15) is 10.6 Å². The normalized spacial score (nSPS) is 21.6. The number of nitrogens with zero attached hydrogens (tertiary/aromatic N) is 2. The molecule has 1 aromatic rings. The third-order valence-corrected chi connectivity index (χ3v) is 5.42. The van der Waals surface area contributed by atoms with Crippen molar-refractivity contribution in [2.45, 2.75) is 25.2 Å². The minimum absolute atomic E-state index is 0.229. The topological polar surface area (TPSA) is 75.4 Å². The van der Waals surface area contributed by atoms with Crippen molar-refractivity contribution < 1.29 is 12.9 Å². The van der Waals surface area contributed by atoms with Crippen LogP contribution in [0.15, 0.2) is 9.42 Å². The molecule has 0 saturated carbocycles. The smallest absolute Gasteiger partial charge is 0.248 e. The first-order valence-electron chi connectivity index (χ1n) is 6.04. The van der Waals surface area contributed by atoms with E-state index in [1.54, 1.807) is 13.8 Å². The molecule has 1 N–H and O–H groups in total. The van der Waals surface area contributed by atoms with Gasteiger partial charge in [0.25, 0.3) is 0 Å². The van der Waals surface area contributed by atoms with Gasteiger partial charge >= 0.3 is 0 Å². The molecule has 0 bridgehead atoms. The van der Waals surface area contributed by atoms with E-state index in [2.05, 4.69) is 10.5 Å². The van der Waals surface area contributed by atoms with Crippen molar-refractivity contribution in [3.05, 3.63) is 11.5 Å². The van der Waals surface area contributed by atoms with Gasteiger partial charge in [-0.25, -0.2) is 8.42 Å². The Morgan fingerprint density at radius 3 is 2.78 bits per heavy atom. The van der Waals surface area contributed by atoms with Gasteiger partial charge in [-0.15, -0.1) is 0 Å². The lowest BCUT2D eigenvalue weighted by Gasteiger charge is -2.16. The summed E-state index contributed by atoms with van der Waals surface area (Å²) in [5.74, 6) is 0.745. The Kier molecular flexibility index (Phi) is 3.74. The van der Waals surface area contributed by atoms with Crippen LogP contribution < -0.4 is 5.32 Å². The molecule has 7 heteroatoms. The summed E-state index contributed by atoms with van der Waals surface area (Å²) in [5, 5.41) is 6.80. The molecule has 1 fully saturated rings. The summed E-state index contributed by atoms with van der Waals surface area (Å²) in [7, 11) is -1.58. The fourth-order valence-corrected chi connectivity index (χ4v) is 4.26. The maximum atomic E-state index is 12.5. The van der Waals surface area contributed by atoms with E-state index in [0.29, 0.717) is 30.5 Å². The third-order valence-electron chi connectivity index (χ3n) is 3.31. The van der Waals surface area contributed by atoms with Gasteiger partial charge in [0.2, 0.25) is 10.0 Å². The Labute approximate surface area is 107 Å². The SMILES string of the molecule is CNC[C@@H]1CCN(S(=O)(=O)c2c(C)noc2C)C1. The summed E-state index contributed by atoms with van der Waals surface area (Å²) in [6.45, 7) is 5.26. The summed E-state index contributed by atoms with van der Waals surface area (Å²) < 4.78 is 31.5. The van der Waals surface area contributed by atoms with Crippen molar-refractivity contribution in [3.8, 4) is 0 Å². The standard InChI is InChI=1S/C11H19N3O3S/c1-8-11(9(2)17-13-8)18(15,16)14-5-4-10(7-14)6-12-3/h10,12H,4-7H2,1-3H3/t10-/m0/s1. The van der Waals surface area contributed by atoms with Crippen molar-refractivity contribution in [2.24, 2.45) is 5.92 Å². The average molecular weight is 273 g/mol. The number of hydrogen-bond donors (Lipinski definition) is 1. The van der Waals surface area contributed by atoms with Crippen LogP contribution in [0.2, 0.25) is 0 Å². The molecule has 1 saturated heterocycles. The lowest BCUT2D eigenvalue weighted by molar-refractivity contribution is 0.389. The van der Waals surface area contributed by atoms with Crippen LogP contribution in [0.1, 0.15) is 17.9 Å². The molecule has 0 unspecified atom stereocenters. The lowest BCUT2D eigenvalue weighted by Crippen LogP contribution is -2.31. The van der Waals surface area contributed by atoms with E-state index in [-0.39, 0.29) is 4.90 Å². The van der Waals surface area contributed by atoms with Crippen LogP contribution in [0, 0.1) is 19.8 Å². The monoisotopic (exact) mass is 273 g/mol. The zero-order chi connectivity index (χ0) is 13.3. The second-order valence-corrected chi connectivity index (χ2v) is 6.60. The van der Waals surface area contributed by atoms with Gasteiger partial charge in [-0.1, -0.05) is 5.16 Å². The molecule has 0 aromatic carbocycles. The molecule has 102 valence electrons. The first-order chi connectivity index (χ1) is 8.46. The maximum absolute atomic E-state index is 12.5. The van der Waals surface area contributed by atoms with Crippen LogP contribution >= 0.6 is 0 Å². The first-order valence-corrected chi connectivity index (χ1v) is 7.48. The van der Waals surface area contributed by atoms with E-state index >= 15 is 0 Å². The van der Waals surface area contributed by atoms with Crippen LogP contribution in [-0.2, 0) is 10.0 Å². The maximum Gasteiger partial charge on any atom is 0.248 e. The van der Waals surface area contributed by atoms with Crippen molar-refractivity contribution >= 4 is 10.0 Å². The van der Waals surface area contributed by atoms with Crippen LogP contribution in [-0.4, -0.2) is 44.6 Å². The molecule has 6 nitrogen and oxygen atoms in total. The fourth-order valence-electron chi connectivity index (χ4n) is 2.44. The molecule has 1 aromatic heterocycles. The van der Waals surface area contributed by atoms with Crippen molar-refractivity contribution in [3.63, 3.8) is 0 Å². The van der Waals surface area contributed by atoms with Gasteiger partial charge in [0.05, 0.1) is 0 Å². The Balaban J connectivity index is 2.23. The van der Waals surface area contributed by atoms with E-state index < -0.39 is 10.0 Å². The molecule has 1 aliphatic rings. The van der Waals surface area contributed by atoms with Crippen LogP contribution in [0.4, 0.5) is 0 Å². The average Bonchev–Trinajstić information content (AvgIpc) is 2.87. The van der Waals surface area contributed by atoms with E-state index in [4.69, 9.17) is 4.52 Å². The second-order valence-electron chi connectivity index (χ2n) is 4.73. The highest BCUT2D eigenvalue weighted by Crippen LogP contribution is 2.27. The number of rotatable bonds is 4. The fraction of sp³-hybridized carbons (Fsp3) is 0.727. The molecule has 0 aliphatic carbocycles. The molecule has 18 heavy (non-hydrogen) atoms. The van der Waals surface area contributed by atoms with Crippen molar-refractivity contribution in [2.75, 3.05) is 26.7 Å². The van der Waals surface area contributed by atoms with Gasteiger partial charge in [0, 0.05) is 13.1 Å². The second kappa shape index (κ2) is 4.99. The van der Waals surface area contributed by atoms with E-state index in [1.807, 2.05) is 7.05 Å². The van der Waals surface area contributed by atoms with Gasteiger partial charge < -0.3 is 9.84 Å². The zero-order valence-electron chi connectivity index (χ0n) is 10.9. The summed E-state index contributed by atoms with van der Waals surface area (Å²) in [5.41, 5.74) is 0.435. The highest BCUT2D eigenvalue weighted by atomic mass is 32.2. The summed E-state index contributed by atoms with van der Waals surface area (Å²) in [6, 6.07) is 0. The molecular formula is C11H19N3O3S. The van der Waals surface area contributed by atoms with Crippen LogP contribution in [0.5, 0.6) is 0 Å². The number of aryl methyl sites for hydroxylation is 2. The lowest BCUT2D eigenvalue weighted by atomic mass is 10.1. The number of sulfonamides is 1. The summed E-state index contributed by atoms with van der Waals surface area (Å²) in [6.07, 6.45) is 0.892. The predicted octanol–water partition coefficient (Wildman–Crippen LogP) is 0.521. The van der Waals surface area contributed by atoms with E-state index in [0.717, 1.165) is 13.0 Å². The quantitative estimate of drug-likeness (QED) is 0.865. The Hall–Kier alpha value is -0.920. The third kappa shape index (κ3) is 2.30. The molecule has 0 radical (unpaired) electrons. The molecule has 0 spiro atoms. The summed E-state index contributed by atoms with van der Waals surface area (Å²) >= 11 is 0. The number of nitrogens with one attached hydrogen (secondary N) is 1. The first kappa shape index (κ1) is 13.5. The molecule has 1 atom stereocenters. The molecule has 2 heterocycles. The van der Waals surface area contributed by atoms with E-state index in [1.165, 1.54) is 4.31 Å². The zero-order valence-corrected chi connectivity index (χ0v) is 11.7. The van der Waals surface area contributed by atoms with Gasteiger partial charge in [-0.2, -0.15) is 4.31 Å². The van der Waals surface area contributed by atoms with E-state index in [9.17, 15) is 8.42 Å². The molecule has 1 aliphatic heterocycles. The number of hydrogen-bond acceptors (Lipinski definition) is 5. The molecular weight excluding hydrogens is 254 g/mol. The van der Waals surface area contributed by atoms with Gasteiger partial charge in [0.15, 0.2) is 5.76 Å².